The minimum atomic E-state index is 0.243. The molecule has 104 valence electrons. The molecule has 1 heterocycles. The Labute approximate surface area is 124 Å². The molecule has 0 unspecified atom stereocenters. The first-order chi connectivity index (χ1) is 9.81. The summed E-state index contributed by atoms with van der Waals surface area (Å²) in [6.45, 7) is 2.23. The van der Waals surface area contributed by atoms with Crippen molar-refractivity contribution >= 4 is 23.1 Å². The molecule has 2 aromatic rings. The van der Waals surface area contributed by atoms with E-state index in [0.29, 0.717) is 0 Å². The van der Waals surface area contributed by atoms with Crippen molar-refractivity contribution in [2.75, 3.05) is 16.2 Å². The van der Waals surface area contributed by atoms with Crippen molar-refractivity contribution in [1.29, 1.82) is 0 Å². The molecule has 0 spiro atoms. The molecule has 0 aromatic heterocycles. The van der Waals surface area contributed by atoms with Gasteiger partial charge in [-0.2, -0.15) is 0 Å². The molecular weight excluding hydrogens is 266 g/mol. The van der Waals surface area contributed by atoms with Gasteiger partial charge in [0.15, 0.2) is 0 Å². The molecule has 4 heteroatoms. The Morgan fingerprint density at radius 1 is 0.900 bits per heavy atom. The smallest absolute Gasteiger partial charge is 0.146 e. The fourth-order valence-electron chi connectivity index (χ4n) is 2.61. The first kappa shape index (κ1) is 13.3. The second-order valence-corrected chi connectivity index (χ2v) is 5.72. The van der Waals surface area contributed by atoms with Crippen LogP contribution in [0.25, 0.3) is 0 Å². The summed E-state index contributed by atoms with van der Waals surface area (Å²) in [6, 6.07) is 21.0. The molecule has 0 saturated carbocycles. The zero-order chi connectivity index (χ0) is 13.9. The van der Waals surface area contributed by atoms with Crippen LogP contribution in [0.3, 0.4) is 0 Å². The minimum absolute atomic E-state index is 0.243. The summed E-state index contributed by atoms with van der Waals surface area (Å²) in [7, 11) is 0. The van der Waals surface area contributed by atoms with Crippen LogP contribution >= 0.6 is 11.8 Å². The van der Waals surface area contributed by atoms with Gasteiger partial charge in [-0.05, 0) is 37.4 Å². The molecular formula is C16H19N3S. The molecule has 1 saturated heterocycles. The molecule has 1 aliphatic rings. The third-order valence-electron chi connectivity index (χ3n) is 3.59. The monoisotopic (exact) mass is 285 g/mol. The van der Waals surface area contributed by atoms with Gasteiger partial charge in [0.1, 0.15) is 11.7 Å². The maximum atomic E-state index is 3.58. The Morgan fingerprint density at radius 2 is 1.45 bits per heavy atom. The molecule has 1 fully saturated rings. The van der Waals surface area contributed by atoms with Gasteiger partial charge in [0.05, 0.1) is 5.69 Å². The van der Waals surface area contributed by atoms with Crippen LogP contribution in [0.15, 0.2) is 60.7 Å². The number of nitrogens with one attached hydrogen (secondary N) is 1. The Hall–Kier alpha value is -1.65. The summed E-state index contributed by atoms with van der Waals surface area (Å²) in [4.78, 5) is 2.40. The van der Waals surface area contributed by atoms with Gasteiger partial charge in [-0.1, -0.05) is 36.4 Å². The molecule has 3 rings (SSSR count). The maximum absolute atomic E-state index is 3.58. The summed E-state index contributed by atoms with van der Waals surface area (Å²) in [5.74, 6) is 0. The van der Waals surface area contributed by atoms with Crippen LogP contribution in [0.4, 0.5) is 11.4 Å². The van der Waals surface area contributed by atoms with Crippen molar-refractivity contribution in [2.45, 2.75) is 18.6 Å². The Morgan fingerprint density at radius 3 is 2.00 bits per heavy atom. The van der Waals surface area contributed by atoms with Crippen molar-refractivity contribution in [3.63, 3.8) is 0 Å². The molecule has 2 aromatic carbocycles. The standard InChI is InChI=1S/C16H19N3S/c1-13-18(14-9-5-3-6-10-14)16(20-2)17-19(13)15-11-7-4-8-12-15/h3-13,16-17H,1-2H3/t13-,16+/m1/s1. The van der Waals surface area contributed by atoms with E-state index in [1.165, 1.54) is 11.4 Å². The maximum Gasteiger partial charge on any atom is 0.146 e. The van der Waals surface area contributed by atoms with Gasteiger partial charge in [0.25, 0.3) is 0 Å². The van der Waals surface area contributed by atoms with Crippen LogP contribution in [0.5, 0.6) is 0 Å². The predicted molar refractivity (Wildman–Crippen MR) is 87.7 cm³/mol. The largest absolute Gasteiger partial charge is 0.324 e. The number of hydrazine groups is 1. The Bertz CT molecular complexity index is 546. The van der Waals surface area contributed by atoms with Gasteiger partial charge in [0.2, 0.25) is 0 Å². The first-order valence-corrected chi connectivity index (χ1v) is 8.06. The zero-order valence-corrected chi connectivity index (χ0v) is 12.5. The van der Waals surface area contributed by atoms with Crippen LogP contribution in [-0.4, -0.2) is 17.9 Å². The fourth-order valence-corrected chi connectivity index (χ4v) is 3.35. The van der Waals surface area contributed by atoms with Crippen molar-refractivity contribution in [2.24, 2.45) is 0 Å². The van der Waals surface area contributed by atoms with E-state index < -0.39 is 0 Å². The number of anilines is 2. The van der Waals surface area contributed by atoms with Gasteiger partial charge < -0.3 is 4.90 Å². The number of hydrogen-bond donors (Lipinski definition) is 1. The summed E-state index contributed by atoms with van der Waals surface area (Å²) in [6.07, 6.45) is 2.40. The van der Waals surface area contributed by atoms with Crippen molar-refractivity contribution in [1.82, 2.24) is 5.43 Å². The fraction of sp³-hybridized carbons (Fsp3) is 0.250. The van der Waals surface area contributed by atoms with E-state index in [2.05, 4.69) is 83.1 Å². The zero-order valence-electron chi connectivity index (χ0n) is 11.7. The minimum Gasteiger partial charge on any atom is -0.324 e. The summed E-state index contributed by atoms with van der Waals surface area (Å²) in [5, 5.41) is 2.23. The second kappa shape index (κ2) is 5.77. The van der Waals surface area contributed by atoms with Crippen molar-refractivity contribution in [3.8, 4) is 0 Å². The van der Waals surface area contributed by atoms with E-state index in [1.807, 2.05) is 17.8 Å². The summed E-state index contributed by atoms with van der Waals surface area (Å²) < 4.78 is 0. The summed E-state index contributed by atoms with van der Waals surface area (Å²) >= 11 is 1.81. The van der Waals surface area contributed by atoms with Crippen LogP contribution in [-0.2, 0) is 0 Å². The number of benzene rings is 2. The normalized spacial score (nSPS) is 22.3. The van der Waals surface area contributed by atoms with E-state index in [9.17, 15) is 0 Å². The van der Waals surface area contributed by atoms with Gasteiger partial charge in [-0.15, -0.1) is 11.8 Å². The highest BCUT2D eigenvalue weighted by atomic mass is 32.2. The molecule has 0 amide bonds. The number of rotatable bonds is 3. The lowest BCUT2D eigenvalue weighted by Gasteiger charge is -2.29. The molecule has 2 atom stereocenters. The lowest BCUT2D eigenvalue weighted by molar-refractivity contribution is 0.692. The molecule has 20 heavy (non-hydrogen) atoms. The van der Waals surface area contributed by atoms with Crippen molar-refractivity contribution < 1.29 is 0 Å². The molecule has 1 N–H and O–H groups in total. The van der Waals surface area contributed by atoms with E-state index in [4.69, 9.17) is 0 Å². The molecule has 1 aliphatic heterocycles. The lowest BCUT2D eigenvalue weighted by atomic mass is 10.2. The third-order valence-corrected chi connectivity index (χ3v) is 4.37. The van der Waals surface area contributed by atoms with E-state index >= 15 is 0 Å². The van der Waals surface area contributed by atoms with E-state index in [1.54, 1.807) is 0 Å². The van der Waals surface area contributed by atoms with E-state index in [-0.39, 0.29) is 11.7 Å². The molecule has 3 nitrogen and oxygen atoms in total. The Kier molecular flexibility index (Phi) is 3.85. The number of para-hydroxylation sites is 2. The number of thioether (sulfide) groups is 1. The average molecular weight is 285 g/mol. The van der Waals surface area contributed by atoms with Gasteiger partial charge >= 0.3 is 0 Å². The topological polar surface area (TPSA) is 18.5 Å². The highest BCUT2D eigenvalue weighted by molar-refractivity contribution is 7.99. The highest BCUT2D eigenvalue weighted by Crippen LogP contribution is 2.31. The Balaban J connectivity index is 1.92. The van der Waals surface area contributed by atoms with Gasteiger partial charge in [-0.3, -0.25) is 5.01 Å². The van der Waals surface area contributed by atoms with Crippen LogP contribution in [0.2, 0.25) is 0 Å². The lowest BCUT2D eigenvalue weighted by Crippen LogP contribution is -2.38. The second-order valence-electron chi connectivity index (χ2n) is 4.80. The van der Waals surface area contributed by atoms with Crippen molar-refractivity contribution in [3.05, 3.63) is 60.7 Å². The van der Waals surface area contributed by atoms with Crippen LogP contribution in [0.1, 0.15) is 6.92 Å². The molecule has 0 bridgehead atoms. The average Bonchev–Trinajstić information content (AvgIpc) is 2.86. The van der Waals surface area contributed by atoms with Crippen LogP contribution < -0.4 is 15.3 Å². The van der Waals surface area contributed by atoms with Crippen LogP contribution in [0, 0.1) is 0 Å². The number of nitrogens with zero attached hydrogens (tertiary/aromatic N) is 2. The SMILES string of the molecule is CS[C@H]1NN(c2ccccc2)[C@H](C)N1c1ccccc1. The molecule has 0 radical (unpaired) electrons. The van der Waals surface area contributed by atoms with E-state index in [0.717, 1.165) is 0 Å². The first-order valence-electron chi connectivity index (χ1n) is 6.78. The van der Waals surface area contributed by atoms with Gasteiger partial charge in [-0.25, -0.2) is 5.43 Å². The third kappa shape index (κ3) is 2.37. The molecule has 0 aliphatic carbocycles. The summed E-state index contributed by atoms with van der Waals surface area (Å²) in [5.41, 5.74) is 6.25. The predicted octanol–water partition coefficient (Wildman–Crippen LogP) is 3.51. The quantitative estimate of drug-likeness (QED) is 0.930. The van der Waals surface area contributed by atoms with Gasteiger partial charge in [0, 0.05) is 5.69 Å². The number of hydrogen-bond acceptors (Lipinski definition) is 4. The highest BCUT2D eigenvalue weighted by Gasteiger charge is 2.36.